The number of thioether (sulfide) groups is 1. The fourth-order valence-corrected chi connectivity index (χ4v) is 4.57. The van der Waals surface area contributed by atoms with E-state index in [-0.39, 0.29) is 24.1 Å². The van der Waals surface area contributed by atoms with Gasteiger partial charge in [-0.25, -0.2) is 9.37 Å². The van der Waals surface area contributed by atoms with Crippen molar-refractivity contribution in [3.8, 4) is 5.75 Å². The minimum Gasteiger partial charge on any atom is -0.497 e. The number of thiazole rings is 1. The predicted molar refractivity (Wildman–Crippen MR) is 126 cm³/mol. The van der Waals surface area contributed by atoms with E-state index in [1.54, 1.807) is 29.8 Å². The molecule has 1 aromatic heterocycles. The van der Waals surface area contributed by atoms with Crippen molar-refractivity contribution >= 4 is 56.8 Å². The number of aromatic nitrogens is 1. The highest BCUT2D eigenvalue weighted by Crippen LogP contribution is 2.30. The van der Waals surface area contributed by atoms with Crippen molar-refractivity contribution in [2.45, 2.75) is 11.3 Å². The average Bonchev–Trinajstić information content (AvgIpc) is 3.11. The van der Waals surface area contributed by atoms with Gasteiger partial charge in [0.1, 0.15) is 11.6 Å². The summed E-state index contributed by atoms with van der Waals surface area (Å²) in [6.07, 6.45) is 0.397. The molecular weight excluding hydrogens is 445 g/mol. The summed E-state index contributed by atoms with van der Waals surface area (Å²) in [6, 6.07) is 12.3. The predicted octanol–water partition coefficient (Wildman–Crippen LogP) is 4.94. The van der Waals surface area contributed by atoms with Gasteiger partial charge in [0.15, 0.2) is 5.13 Å². The van der Waals surface area contributed by atoms with E-state index in [1.165, 1.54) is 23.5 Å². The molecule has 9 heteroatoms. The highest BCUT2D eigenvalue weighted by molar-refractivity contribution is 7.99. The van der Waals surface area contributed by atoms with Crippen LogP contribution in [0.15, 0.2) is 47.4 Å². The van der Waals surface area contributed by atoms with Gasteiger partial charge in [0, 0.05) is 30.2 Å². The number of halogens is 2. The van der Waals surface area contributed by atoms with E-state index in [9.17, 15) is 9.18 Å². The van der Waals surface area contributed by atoms with Gasteiger partial charge in [-0.05, 0) is 56.6 Å². The minimum absolute atomic E-state index is 0. The Morgan fingerprint density at radius 2 is 1.90 bits per heavy atom. The summed E-state index contributed by atoms with van der Waals surface area (Å²) in [5.74, 6) is 1.21. The first kappa shape index (κ1) is 24.4. The molecule has 0 aliphatic heterocycles. The summed E-state index contributed by atoms with van der Waals surface area (Å²) >= 11 is 2.98. The number of benzene rings is 2. The van der Waals surface area contributed by atoms with Gasteiger partial charge >= 0.3 is 0 Å². The zero-order valence-electron chi connectivity index (χ0n) is 17.1. The van der Waals surface area contributed by atoms with E-state index in [0.717, 1.165) is 21.9 Å². The molecule has 162 valence electrons. The molecule has 5 nitrogen and oxygen atoms in total. The largest absolute Gasteiger partial charge is 0.497 e. The summed E-state index contributed by atoms with van der Waals surface area (Å²) in [6.45, 7) is 1.27. The van der Waals surface area contributed by atoms with Gasteiger partial charge in [-0.1, -0.05) is 11.3 Å². The zero-order valence-corrected chi connectivity index (χ0v) is 19.6. The van der Waals surface area contributed by atoms with Crippen LogP contribution in [0, 0.1) is 5.82 Å². The Labute approximate surface area is 190 Å². The highest BCUT2D eigenvalue weighted by atomic mass is 35.5. The van der Waals surface area contributed by atoms with Crippen molar-refractivity contribution in [3.63, 3.8) is 0 Å². The Kier molecular flexibility index (Phi) is 9.36. The number of carbonyl (C=O) groups is 1. The average molecular weight is 470 g/mol. The van der Waals surface area contributed by atoms with Gasteiger partial charge in [0.05, 0.1) is 17.3 Å². The van der Waals surface area contributed by atoms with Gasteiger partial charge < -0.3 is 9.64 Å². The fourth-order valence-electron chi connectivity index (χ4n) is 2.69. The normalized spacial score (nSPS) is 10.8. The van der Waals surface area contributed by atoms with Gasteiger partial charge in [0.25, 0.3) is 0 Å². The number of anilines is 1. The van der Waals surface area contributed by atoms with Crippen LogP contribution in [-0.4, -0.2) is 55.8 Å². The van der Waals surface area contributed by atoms with Crippen LogP contribution < -0.4 is 9.64 Å². The lowest BCUT2D eigenvalue weighted by atomic mass is 10.3. The van der Waals surface area contributed by atoms with E-state index >= 15 is 0 Å². The number of ether oxygens (including phenoxy) is 1. The lowest BCUT2D eigenvalue weighted by Gasteiger charge is -2.22. The zero-order chi connectivity index (χ0) is 20.8. The number of amides is 1. The SMILES string of the molecule is COc1ccc(SCCC(=O)N(CCN(C)C)c2nc3ccc(F)cc3s2)cc1.Cl. The van der Waals surface area contributed by atoms with E-state index in [0.29, 0.717) is 29.4 Å². The topological polar surface area (TPSA) is 45.7 Å². The molecule has 0 spiro atoms. The summed E-state index contributed by atoms with van der Waals surface area (Å²) < 4.78 is 19.4. The molecule has 0 bridgehead atoms. The summed E-state index contributed by atoms with van der Waals surface area (Å²) in [5, 5.41) is 0.617. The van der Waals surface area contributed by atoms with Crippen molar-refractivity contribution in [1.82, 2.24) is 9.88 Å². The van der Waals surface area contributed by atoms with Crippen molar-refractivity contribution in [2.24, 2.45) is 0 Å². The second-order valence-corrected chi connectivity index (χ2v) is 8.91. The maximum Gasteiger partial charge on any atom is 0.229 e. The molecule has 0 fully saturated rings. The second-order valence-electron chi connectivity index (χ2n) is 6.73. The number of hydrogen-bond donors (Lipinski definition) is 0. The lowest BCUT2D eigenvalue weighted by Crippen LogP contribution is -2.36. The van der Waals surface area contributed by atoms with Crippen LogP contribution in [0.2, 0.25) is 0 Å². The summed E-state index contributed by atoms with van der Waals surface area (Å²) in [7, 11) is 5.57. The van der Waals surface area contributed by atoms with Gasteiger partial charge in [-0.15, -0.1) is 24.2 Å². The molecule has 0 radical (unpaired) electrons. The Bertz CT molecular complexity index is 967. The molecule has 0 unspecified atom stereocenters. The first-order valence-electron chi connectivity index (χ1n) is 9.24. The number of likely N-dealkylation sites (N-methyl/N-ethyl adjacent to an activating group) is 1. The van der Waals surface area contributed by atoms with Crippen LogP contribution in [-0.2, 0) is 4.79 Å². The third kappa shape index (κ3) is 6.57. The van der Waals surface area contributed by atoms with Crippen molar-refractivity contribution in [1.29, 1.82) is 0 Å². The number of methoxy groups -OCH3 is 1. The molecule has 30 heavy (non-hydrogen) atoms. The fraction of sp³-hybridized carbons (Fsp3) is 0.333. The third-order valence-electron chi connectivity index (χ3n) is 4.29. The first-order chi connectivity index (χ1) is 14.0. The number of carbonyl (C=O) groups excluding carboxylic acids is 1. The van der Waals surface area contributed by atoms with Crippen LogP contribution in [0.25, 0.3) is 10.2 Å². The molecule has 0 saturated carbocycles. The van der Waals surface area contributed by atoms with Crippen LogP contribution in [0.3, 0.4) is 0 Å². The molecule has 3 aromatic rings. The number of rotatable bonds is 9. The Morgan fingerprint density at radius 3 is 2.57 bits per heavy atom. The molecule has 0 aliphatic rings. The number of nitrogens with zero attached hydrogens (tertiary/aromatic N) is 3. The Balaban J connectivity index is 0.00000320. The van der Waals surface area contributed by atoms with Gasteiger partial charge in [0.2, 0.25) is 5.91 Å². The molecule has 1 amide bonds. The molecule has 0 atom stereocenters. The number of hydrogen-bond acceptors (Lipinski definition) is 6. The smallest absolute Gasteiger partial charge is 0.229 e. The van der Waals surface area contributed by atoms with Crippen molar-refractivity contribution in [3.05, 3.63) is 48.3 Å². The molecule has 0 aliphatic carbocycles. The van der Waals surface area contributed by atoms with Crippen LogP contribution in [0.1, 0.15) is 6.42 Å². The Morgan fingerprint density at radius 1 is 1.17 bits per heavy atom. The molecular formula is C21H25ClFN3O2S2. The maximum atomic E-state index is 13.5. The number of fused-ring (bicyclic) bond motifs is 1. The Hall–Kier alpha value is -1.87. The lowest BCUT2D eigenvalue weighted by molar-refractivity contribution is -0.118. The van der Waals surface area contributed by atoms with Crippen molar-refractivity contribution in [2.75, 3.05) is 44.9 Å². The molecule has 0 N–H and O–H groups in total. The second kappa shape index (κ2) is 11.5. The first-order valence-corrected chi connectivity index (χ1v) is 11.0. The quantitative estimate of drug-likeness (QED) is 0.415. The molecule has 2 aromatic carbocycles. The summed E-state index contributed by atoms with van der Waals surface area (Å²) in [4.78, 5) is 22.4. The van der Waals surface area contributed by atoms with Gasteiger partial charge in [-0.2, -0.15) is 0 Å². The monoisotopic (exact) mass is 469 g/mol. The van der Waals surface area contributed by atoms with Gasteiger partial charge in [-0.3, -0.25) is 9.69 Å². The molecule has 0 saturated heterocycles. The van der Waals surface area contributed by atoms with E-state index in [2.05, 4.69) is 4.98 Å². The molecule has 1 heterocycles. The highest BCUT2D eigenvalue weighted by Gasteiger charge is 2.20. The maximum absolute atomic E-state index is 13.5. The van der Waals surface area contributed by atoms with E-state index in [1.807, 2.05) is 43.3 Å². The minimum atomic E-state index is -0.297. The standard InChI is InChI=1S/C21H24FN3O2S2.ClH/c1-24(2)11-12-25(21-23-18-9-4-15(22)14-19(18)29-21)20(26)10-13-28-17-7-5-16(27-3)6-8-17;/h4-9,14H,10-13H2,1-3H3;1H. The van der Waals surface area contributed by atoms with Crippen LogP contribution in [0.4, 0.5) is 9.52 Å². The summed E-state index contributed by atoms with van der Waals surface area (Å²) in [5.41, 5.74) is 0.710. The van der Waals surface area contributed by atoms with E-state index < -0.39 is 0 Å². The van der Waals surface area contributed by atoms with Crippen LogP contribution in [0.5, 0.6) is 5.75 Å². The van der Waals surface area contributed by atoms with Crippen LogP contribution >= 0.6 is 35.5 Å². The van der Waals surface area contributed by atoms with E-state index in [4.69, 9.17) is 4.74 Å². The third-order valence-corrected chi connectivity index (χ3v) is 6.34. The van der Waals surface area contributed by atoms with Crippen molar-refractivity contribution < 1.29 is 13.9 Å². The molecule has 3 rings (SSSR count).